The average Bonchev–Trinajstić information content (AvgIpc) is 2.42. The van der Waals surface area contributed by atoms with Crippen molar-refractivity contribution >= 4 is 11.6 Å². The van der Waals surface area contributed by atoms with Gasteiger partial charge in [0.2, 0.25) is 5.91 Å². The summed E-state index contributed by atoms with van der Waals surface area (Å²) in [5.41, 5.74) is 4.49. The molecular weight excluding hydrogens is 260 g/mol. The van der Waals surface area contributed by atoms with Gasteiger partial charge in [0, 0.05) is 5.69 Å². The molecule has 1 aliphatic rings. The standard InChI is InChI=1S/C18H28N2O/c1-12-6-8-20(9-7-12)16(5)18(21)19-17-14(3)10-13(2)11-15(17)4/h10-12,16H,6-9H2,1-5H3,(H,19,21)/t16-/m0/s1. The Bertz CT molecular complexity index is 493. The molecule has 0 bridgehead atoms. The molecule has 0 aromatic heterocycles. The SMILES string of the molecule is Cc1cc(C)c(NC(=O)[C@H](C)N2CCC(C)CC2)c(C)c1. The van der Waals surface area contributed by atoms with Crippen molar-refractivity contribution in [3.63, 3.8) is 0 Å². The maximum atomic E-state index is 12.5. The van der Waals surface area contributed by atoms with Crippen LogP contribution in [0.4, 0.5) is 5.69 Å². The molecular formula is C18H28N2O. The molecule has 116 valence electrons. The first kappa shape index (κ1) is 16.0. The molecule has 21 heavy (non-hydrogen) atoms. The highest BCUT2D eigenvalue weighted by Crippen LogP contribution is 2.23. The van der Waals surface area contributed by atoms with Gasteiger partial charge in [0.25, 0.3) is 0 Å². The van der Waals surface area contributed by atoms with Crippen molar-refractivity contribution in [1.29, 1.82) is 0 Å². The Kier molecular flexibility index (Phi) is 5.04. The summed E-state index contributed by atoms with van der Waals surface area (Å²) in [7, 11) is 0. The number of carbonyl (C=O) groups excluding carboxylic acids is 1. The first-order valence-electron chi connectivity index (χ1n) is 8.01. The largest absolute Gasteiger partial charge is 0.324 e. The first-order valence-corrected chi connectivity index (χ1v) is 8.01. The Hall–Kier alpha value is -1.35. The molecule has 1 amide bonds. The number of hydrogen-bond acceptors (Lipinski definition) is 2. The van der Waals surface area contributed by atoms with E-state index in [4.69, 9.17) is 0 Å². The van der Waals surface area contributed by atoms with Gasteiger partial charge in [0.15, 0.2) is 0 Å². The molecule has 1 saturated heterocycles. The van der Waals surface area contributed by atoms with Gasteiger partial charge < -0.3 is 5.32 Å². The lowest BCUT2D eigenvalue weighted by Gasteiger charge is -2.34. The Labute approximate surface area is 128 Å². The van der Waals surface area contributed by atoms with Crippen LogP contribution in [0.25, 0.3) is 0 Å². The third-order valence-corrected chi connectivity index (χ3v) is 4.67. The van der Waals surface area contributed by atoms with Crippen molar-refractivity contribution in [3.05, 3.63) is 28.8 Å². The number of aryl methyl sites for hydroxylation is 3. The van der Waals surface area contributed by atoms with E-state index in [9.17, 15) is 4.79 Å². The second kappa shape index (κ2) is 6.61. The molecule has 0 aliphatic carbocycles. The van der Waals surface area contributed by atoms with Crippen molar-refractivity contribution < 1.29 is 4.79 Å². The van der Waals surface area contributed by atoms with Crippen LogP contribution in [0, 0.1) is 26.7 Å². The number of piperidine rings is 1. The van der Waals surface area contributed by atoms with Crippen LogP contribution in [-0.2, 0) is 4.79 Å². The Morgan fingerprint density at radius 1 is 1.19 bits per heavy atom. The molecule has 1 atom stereocenters. The van der Waals surface area contributed by atoms with E-state index in [1.54, 1.807) is 0 Å². The van der Waals surface area contributed by atoms with E-state index in [1.165, 1.54) is 18.4 Å². The third kappa shape index (κ3) is 3.85. The Morgan fingerprint density at radius 3 is 2.24 bits per heavy atom. The van der Waals surface area contributed by atoms with Gasteiger partial charge >= 0.3 is 0 Å². The van der Waals surface area contributed by atoms with E-state index in [1.807, 2.05) is 6.92 Å². The quantitative estimate of drug-likeness (QED) is 0.920. The van der Waals surface area contributed by atoms with Crippen LogP contribution in [0.15, 0.2) is 12.1 Å². The normalized spacial score (nSPS) is 18.5. The topological polar surface area (TPSA) is 32.3 Å². The van der Waals surface area contributed by atoms with Crippen LogP contribution in [0.5, 0.6) is 0 Å². The van der Waals surface area contributed by atoms with E-state index in [2.05, 4.69) is 50.0 Å². The average molecular weight is 288 g/mol. The number of likely N-dealkylation sites (tertiary alicyclic amines) is 1. The number of amides is 1. The number of carbonyl (C=O) groups is 1. The van der Waals surface area contributed by atoms with Crippen LogP contribution in [0.2, 0.25) is 0 Å². The lowest BCUT2D eigenvalue weighted by atomic mass is 9.98. The zero-order valence-electron chi connectivity index (χ0n) is 14.0. The monoisotopic (exact) mass is 288 g/mol. The van der Waals surface area contributed by atoms with Gasteiger partial charge in [0.05, 0.1) is 6.04 Å². The molecule has 1 aromatic carbocycles. The van der Waals surface area contributed by atoms with Gasteiger partial charge in [-0.15, -0.1) is 0 Å². The summed E-state index contributed by atoms with van der Waals surface area (Å²) in [6, 6.07) is 4.18. The number of rotatable bonds is 3. The van der Waals surface area contributed by atoms with E-state index in [-0.39, 0.29) is 11.9 Å². The van der Waals surface area contributed by atoms with Gasteiger partial charge in [-0.2, -0.15) is 0 Å². The molecule has 3 nitrogen and oxygen atoms in total. The van der Waals surface area contributed by atoms with Crippen LogP contribution in [-0.4, -0.2) is 29.9 Å². The van der Waals surface area contributed by atoms with Gasteiger partial charge in [-0.05, 0) is 70.7 Å². The zero-order chi connectivity index (χ0) is 15.6. The predicted octanol–water partition coefficient (Wildman–Crippen LogP) is 3.67. The lowest BCUT2D eigenvalue weighted by Crippen LogP contribution is -2.45. The summed E-state index contributed by atoms with van der Waals surface area (Å²) in [6.45, 7) is 12.6. The van der Waals surface area contributed by atoms with E-state index < -0.39 is 0 Å². The number of nitrogens with zero attached hydrogens (tertiary/aromatic N) is 1. The summed E-state index contributed by atoms with van der Waals surface area (Å²) in [5, 5.41) is 3.13. The predicted molar refractivity (Wildman–Crippen MR) is 88.7 cm³/mol. The fraction of sp³-hybridized carbons (Fsp3) is 0.611. The summed E-state index contributed by atoms with van der Waals surface area (Å²) < 4.78 is 0. The van der Waals surface area contributed by atoms with Crippen molar-refractivity contribution in [1.82, 2.24) is 4.90 Å². The third-order valence-electron chi connectivity index (χ3n) is 4.67. The van der Waals surface area contributed by atoms with Gasteiger partial charge in [-0.3, -0.25) is 9.69 Å². The van der Waals surface area contributed by atoms with Crippen LogP contribution in [0.1, 0.15) is 43.4 Å². The Morgan fingerprint density at radius 2 is 1.71 bits per heavy atom. The summed E-state index contributed by atoms with van der Waals surface area (Å²) >= 11 is 0. The molecule has 1 heterocycles. The number of hydrogen-bond donors (Lipinski definition) is 1. The molecule has 2 rings (SSSR count). The molecule has 1 aromatic rings. The minimum atomic E-state index is -0.0578. The minimum absolute atomic E-state index is 0.0578. The second-order valence-electron chi connectivity index (χ2n) is 6.66. The van der Waals surface area contributed by atoms with E-state index in [0.29, 0.717) is 0 Å². The molecule has 1 fully saturated rings. The van der Waals surface area contributed by atoms with Crippen LogP contribution >= 0.6 is 0 Å². The highest BCUT2D eigenvalue weighted by Gasteiger charge is 2.25. The van der Waals surface area contributed by atoms with E-state index in [0.717, 1.165) is 35.8 Å². The molecule has 1 N–H and O–H groups in total. The van der Waals surface area contributed by atoms with Gasteiger partial charge in [-0.1, -0.05) is 24.6 Å². The van der Waals surface area contributed by atoms with Crippen molar-refractivity contribution in [2.45, 2.75) is 53.5 Å². The number of anilines is 1. The maximum Gasteiger partial charge on any atom is 0.241 e. The molecule has 1 aliphatic heterocycles. The van der Waals surface area contributed by atoms with E-state index >= 15 is 0 Å². The minimum Gasteiger partial charge on any atom is -0.324 e. The van der Waals surface area contributed by atoms with Gasteiger partial charge in [-0.25, -0.2) is 0 Å². The maximum absolute atomic E-state index is 12.5. The summed E-state index contributed by atoms with van der Waals surface area (Å²) in [6.07, 6.45) is 2.39. The summed E-state index contributed by atoms with van der Waals surface area (Å²) in [5.74, 6) is 0.901. The Balaban J connectivity index is 2.04. The van der Waals surface area contributed by atoms with Crippen LogP contribution in [0.3, 0.4) is 0 Å². The zero-order valence-corrected chi connectivity index (χ0v) is 14.0. The summed E-state index contributed by atoms with van der Waals surface area (Å²) in [4.78, 5) is 14.8. The van der Waals surface area contributed by atoms with Crippen LogP contribution < -0.4 is 5.32 Å². The highest BCUT2D eigenvalue weighted by molar-refractivity contribution is 5.96. The second-order valence-corrected chi connectivity index (χ2v) is 6.66. The van der Waals surface area contributed by atoms with Crippen molar-refractivity contribution in [3.8, 4) is 0 Å². The highest BCUT2D eigenvalue weighted by atomic mass is 16.2. The fourth-order valence-corrected chi connectivity index (χ4v) is 3.19. The molecule has 0 radical (unpaired) electrons. The van der Waals surface area contributed by atoms with Crippen molar-refractivity contribution in [2.24, 2.45) is 5.92 Å². The molecule has 0 saturated carbocycles. The smallest absolute Gasteiger partial charge is 0.241 e. The molecule has 0 unspecified atom stereocenters. The lowest BCUT2D eigenvalue weighted by molar-refractivity contribution is -0.121. The first-order chi connectivity index (χ1) is 9.88. The van der Waals surface area contributed by atoms with Gasteiger partial charge in [0.1, 0.15) is 0 Å². The van der Waals surface area contributed by atoms with Crippen molar-refractivity contribution in [2.75, 3.05) is 18.4 Å². The molecule has 0 spiro atoms. The number of nitrogens with one attached hydrogen (secondary N) is 1. The number of benzene rings is 1. The fourth-order valence-electron chi connectivity index (χ4n) is 3.19. The molecule has 3 heteroatoms.